The van der Waals surface area contributed by atoms with Crippen LogP contribution in [0.1, 0.15) is 5.56 Å². The van der Waals surface area contributed by atoms with Crippen LogP contribution in [0.25, 0.3) is 6.08 Å². The lowest BCUT2D eigenvalue weighted by atomic mass is 10.2. The Kier molecular flexibility index (Phi) is 4.98. The van der Waals surface area contributed by atoms with Gasteiger partial charge in [0, 0.05) is 8.95 Å². The first kappa shape index (κ1) is 14.8. The zero-order valence-corrected chi connectivity index (χ0v) is 13.4. The Bertz CT molecular complexity index is 631. The van der Waals surface area contributed by atoms with Crippen molar-refractivity contribution in [1.29, 1.82) is 0 Å². The van der Waals surface area contributed by atoms with Gasteiger partial charge in [0.25, 0.3) is 0 Å². The summed E-state index contributed by atoms with van der Waals surface area (Å²) in [6.07, 6.45) is 1.48. The summed E-state index contributed by atoms with van der Waals surface area (Å²) in [5, 5.41) is 9.19. The van der Waals surface area contributed by atoms with Crippen LogP contribution in [0.3, 0.4) is 0 Å². The molecule has 5 heteroatoms. The van der Waals surface area contributed by atoms with Gasteiger partial charge in [0.1, 0.15) is 5.75 Å². The van der Waals surface area contributed by atoms with Gasteiger partial charge < -0.3 is 9.84 Å². The average Bonchev–Trinajstić information content (AvgIpc) is 2.42. The fourth-order valence-corrected chi connectivity index (χ4v) is 2.00. The molecule has 0 saturated carbocycles. The molecular formula is C15H10Br2O3. The van der Waals surface area contributed by atoms with E-state index >= 15 is 0 Å². The molecule has 1 N–H and O–H groups in total. The molecule has 0 aromatic heterocycles. The van der Waals surface area contributed by atoms with Crippen LogP contribution < -0.4 is 4.74 Å². The predicted octanol–water partition coefficient (Wildman–Crippen LogP) is 4.72. The minimum Gasteiger partial charge on any atom is -0.475 e. The Balaban J connectivity index is 2.25. The van der Waals surface area contributed by atoms with Gasteiger partial charge in [-0.05, 0) is 48.0 Å². The summed E-state index contributed by atoms with van der Waals surface area (Å²) in [4.78, 5) is 11.2. The van der Waals surface area contributed by atoms with E-state index in [4.69, 9.17) is 4.74 Å². The normalized spacial score (nSPS) is 11.2. The third-order valence-electron chi connectivity index (χ3n) is 2.42. The third-order valence-corrected chi connectivity index (χ3v) is 3.48. The van der Waals surface area contributed by atoms with E-state index in [1.54, 1.807) is 36.4 Å². The maximum Gasteiger partial charge on any atom is 0.371 e. The van der Waals surface area contributed by atoms with Crippen LogP contribution in [0, 0.1) is 0 Å². The molecule has 0 saturated heterocycles. The summed E-state index contributed by atoms with van der Waals surface area (Å²) in [7, 11) is 0. The molecule has 0 fully saturated rings. The Morgan fingerprint density at radius 1 is 0.950 bits per heavy atom. The summed E-state index contributed by atoms with van der Waals surface area (Å²) < 4.78 is 7.23. The molecule has 102 valence electrons. The molecular weight excluding hydrogens is 388 g/mol. The Morgan fingerprint density at radius 2 is 1.45 bits per heavy atom. The summed E-state index contributed by atoms with van der Waals surface area (Å²) in [6, 6.07) is 14.2. The number of carboxylic acids is 1. The van der Waals surface area contributed by atoms with Gasteiger partial charge in [-0.3, -0.25) is 0 Å². The zero-order valence-electron chi connectivity index (χ0n) is 10.2. The highest BCUT2D eigenvalue weighted by atomic mass is 79.9. The first-order valence-corrected chi connectivity index (χ1v) is 7.27. The lowest BCUT2D eigenvalue weighted by molar-refractivity contribution is -0.134. The SMILES string of the molecule is O=C(O)/C(=C/c1ccc(Br)cc1)Oc1ccc(Br)cc1. The van der Waals surface area contributed by atoms with Crippen molar-refractivity contribution in [2.24, 2.45) is 0 Å². The number of halogens is 2. The maximum absolute atomic E-state index is 11.2. The number of rotatable bonds is 4. The van der Waals surface area contributed by atoms with Crippen LogP contribution in [0.2, 0.25) is 0 Å². The highest BCUT2D eigenvalue weighted by Gasteiger charge is 2.10. The Morgan fingerprint density at radius 3 is 1.95 bits per heavy atom. The number of ether oxygens (including phenoxy) is 1. The molecule has 0 aliphatic heterocycles. The monoisotopic (exact) mass is 396 g/mol. The fourth-order valence-electron chi connectivity index (χ4n) is 1.47. The average molecular weight is 398 g/mol. The van der Waals surface area contributed by atoms with Crippen LogP contribution in [0.4, 0.5) is 0 Å². The van der Waals surface area contributed by atoms with Crippen LogP contribution in [-0.2, 0) is 4.79 Å². The van der Waals surface area contributed by atoms with Gasteiger partial charge in [0.2, 0.25) is 5.76 Å². The minimum absolute atomic E-state index is 0.130. The summed E-state index contributed by atoms with van der Waals surface area (Å²) in [5.41, 5.74) is 0.753. The second kappa shape index (κ2) is 6.72. The second-order valence-electron chi connectivity index (χ2n) is 3.92. The van der Waals surface area contributed by atoms with E-state index < -0.39 is 5.97 Å². The van der Waals surface area contributed by atoms with Gasteiger partial charge in [-0.15, -0.1) is 0 Å². The van der Waals surface area contributed by atoms with Crippen molar-refractivity contribution in [2.45, 2.75) is 0 Å². The smallest absolute Gasteiger partial charge is 0.371 e. The van der Waals surface area contributed by atoms with Crippen molar-refractivity contribution in [2.75, 3.05) is 0 Å². The zero-order chi connectivity index (χ0) is 14.5. The first-order valence-electron chi connectivity index (χ1n) is 5.68. The van der Waals surface area contributed by atoms with E-state index in [2.05, 4.69) is 31.9 Å². The van der Waals surface area contributed by atoms with Crippen molar-refractivity contribution in [1.82, 2.24) is 0 Å². The molecule has 20 heavy (non-hydrogen) atoms. The second-order valence-corrected chi connectivity index (χ2v) is 5.75. The molecule has 0 atom stereocenters. The number of aliphatic carboxylic acids is 1. The number of carbonyl (C=O) groups is 1. The molecule has 0 heterocycles. The Hall–Kier alpha value is -1.59. The van der Waals surface area contributed by atoms with E-state index in [1.807, 2.05) is 12.1 Å². The molecule has 3 nitrogen and oxygen atoms in total. The van der Waals surface area contributed by atoms with E-state index in [-0.39, 0.29) is 5.76 Å². The largest absolute Gasteiger partial charge is 0.475 e. The van der Waals surface area contributed by atoms with E-state index in [0.29, 0.717) is 5.75 Å². The standard InChI is InChI=1S/C15H10Br2O3/c16-11-3-1-10(2-4-11)9-14(15(18)19)20-13-7-5-12(17)6-8-13/h1-9H,(H,18,19)/b14-9-. The van der Waals surface area contributed by atoms with Crippen molar-refractivity contribution >= 4 is 43.9 Å². The minimum atomic E-state index is -1.11. The summed E-state index contributed by atoms with van der Waals surface area (Å²) in [6.45, 7) is 0. The first-order chi connectivity index (χ1) is 9.54. The molecule has 0 aliphatic carbocycles. The predicted molar refractivity (Wildman–Crippen MR) is 84.5 cm³/mol. The van der Waals surface area contributed by atoms with E-state index in [1.165, 1.54) is 6.08 Å². The van der Waals surface area contributed by atoms with Crippen LogP contribution in [0.5, 0.6) is 5.75 Å². The molecule has 0 unspecified atom stereocenters. The van der Waals surface area contributed by atoms with Gasteiger partial charge in [0.05, 0.1) is 0 Å². The van der Waals surface area contributed by atoms with Crippen molar-refractivity contribution in [3.63, 3.8) is 0 Å². The number of hydrogen-bond donors (Lipinski definition) is 1. The Labute approximate surface area is 133 Å². The molecule has 2 aromatic carbocycles. The van der Waals surface area contributed by atoms with E-state index in [9.17, 15) is 9.90 Å². The van der Waals surface area contributed by atoms with Crippen molar-refractivity contribution in [3.8, 4) is 5.75 Å². The molecule has 2 rings (SSSR count). The van der Waals surface area contributed by atoms with Crippen LogP contribution in [-0.4, -0.2) is 11.1 Å². The topological polar surface area (TPSA) is 46.5 Å². The highest BCUT2D eigenvalue weighted by molar-refractivity contribution is 9.10. The fraction of sp³-hybridized carbons (Fsp3) is 0. The molecule has 0 spiro atoms. The number of benzene rings is 2. The number of carboxylic acid groups (broad SMARTS) is 1. The summed E-state index contributed by atoms with van der Waals surface area (Å²) in [5.74, 6) is -0.774. The molecule has 0 aliphatic rings. The van der Waals surface area contributed by atoms with Gasteiger partial charge in [-0.2, -0.15) is 0 Å². The van der Waals surface area contributed by atoms with Gasteiger partial charge in [-0.1, -0.05) is 44.0 Å². The lowest BCUT2D eigenvalue weighted by Crippen LogP contribution is -2.07. The van der Waals surface area contributed by atoms with Gasteiger partial charge in [-0.25, -0.2) is 4.79 Å². The van der Waals surface area contributed by atoms with Gasteiger partial charge in [0.15, 0.2) is 0 Å². The van der Waals surface area contributed by atoms with Crippen LogP contribution >= 0.6 is 31.9 Å². The third kappa shape index (κ3) is 4.21. The quantitative estimate of drug-likeness (QED) is 0.599. The molecule has 0 amide bonds. The molecule has 0 radical (unpaired) electrons. The lowest BCUT2D eigenvalue weighted by Gasteiger charge is -2.06. The summed E-state index contributed by atoms with van der Waals surface area (Å²) >= 11 is 6.64. The van der Waals surface area contributed by atoms with Crippen molar-refractivity contribution in [3.05, 3.63) is 68.8 Å². The van der Waals surface area contributed by atoms with E-state index in [0.717, 1.165) is 14.5 Å². The maximum atomic E-state index is 11.2. The van der Waals surface area contributed by atoms with Crippen LogP contribution in [0.15, 0.2) is 63.2 Å². The highest BCUT2D eigenvalue weighted by Crippen LogP contribution is 2.20. The molecule has 0 bridgehead atoms. The number of hydrogen-bond acceptors (Lipinski definition) is 2. The van der Waals surface area contributed by atoms with Crippen molar-refractivity contribution < 1.29 is 14.6 Å². The van der Waals surface area contributed by atoms with Gasteiger partial charge >= 0.3 is 5.97 Å². The molecule has 2 aromatic rings.